The van der Waals surface area contributed by atoms with Crippen molar-refractivity contribution < 1.29 is 13.3 Å². The molecule has 4 rings (SSSR count). The SMILES string of the molecule is O=c1[nH]c2c(n1C1CCNCC1)CCN(S(=O)(=O)c1ccc([N+](=O)[O-])cc1)C2. The summed E-state index contributed by atoms with van der Waals surface area (Å²) < 4.78 is 28.9. The van der Waals surface area contributed by atoms with Crippen molar-refractivity contribution in [1.82, 2.24) is 19.2 Å². The second-order valence-corrected chi connectivity index (χ2v) is 8.98. The van der Waals surface area contributed by atoms with Crippen LogP contribution >= 0.6 is 0 Å². The Labute approximate surface area is 161 Å². The van der Waals surface area contributed by atoms with Crippen LogP contribution in [0.25, 0.3) is 0 Å². The van der Waals surface area contributed by atoms with Crippen molar-refractivity contribution in [2.75, 3.05) is 19.6 Å². The standard InChI is InChI=1S/C17H21N5O5S/c23-17-19-15-11-20(10-7-16(15)21(17)12-5-8-18-9-6-12)28(26,27)14-3-1-13(2-4-14)22(24)25/h1-4,12,18H,5-11H2,(H,19,23). The van der Waals surface area contributed by atoms with Crippen molar-refractivity contribution in [1.29, 1.82) is 0 Å². The van der Waals surface area contributed by atoms with Crippen LogP contribution in [0.3, 0.4) is 0 Å². The molecule has 0 bridgehead atoms. The molecule has 1 saturated heterocycles. The van der Waals surface area contributed by atoms with Crippen molar-refractivity contribution in [2.24, 2.45) is 0 Å². The summed E-state index contributed by atoms with van der Waals surface area (Å²) in [6, 6.07) is 4.97. The van der Waals surface area contributed by atoms with Gasteiger partial charge in [-0.15, -0.1) is 0 Å². The van der Waals surface area contributed by atoms with Gasteiger partial charge in [0.2, 0.25) is 10.0 Å². The number of fused-ring (bicyclic) bond motifs is 1. The molecule has 1 fully saturated rings. The van der Waals surface area contributed by atoms with Gasteiger partial charge >= 0.3 is 5.69 Å². The molecule has 0 spiro atoms. The fourth-order valence-electron chi connectivity index (χ4n) is 3.96. The summed E-state index contributed by atoms with van der Waals surface area (Å²) >= 11 is 0. The number of nitrogens with zero attached hydrogens (tertiary/aromatic N) is 3. The van der Waals surface area contributed by atoms with Crippen LogP contribution in [0.4, 0.5) is 5.69 Å². The van der Waals surface area contributed by atoms with E-state index in [1.807, 2.05) is 0 Å². The van der Waals surface area contributed by atoms with Crippen molar-refractivity contribution >= 4 is 15.7 Å². The summed E-state index contributed by atoms with van der Waals surface area (Å²) in [5.74, 6) is 0. The number of nitro groups is 1. The molecule has 2 aliphatic rings. The summed E-state index contributed by atoms with van der Waals surface area (Å²) in [6.07, 6.45) is 2.19. The number of hydrogen-bond acceptors (Lipinski definition) is 6. The highest BCUT2D eigenvalue weighted by Gasteiger charge is 2.32. The molecule has 1 aromatic heterocycles. The second kappa shape index (κ2) is 7.15. The van der Waals surface area contributed by atoms with Crippen molar-refractivity contribution in [3.8, 4) is 0 Å². The number of aromatic amines is 1. The van der Waals surface area contributed by atoms with Gasteiger partial charge in [0, 0.05) is 36.8 Å². The van der Waals surface area contributed by atoms with Gasteiger partial charge < -0.3 is 10.3 Å². The van der Waals surface area contributed by atoms with Gasteiger partial charge in [-0.05, 0) is 38.1 Å². The normalized spacial score (nSPS) is 18.7. The van der Waals surface area contributed by atoms with Crippen LogP contribution < -0.4 is 11.0 Å². The van der Waals surface area contributed by atoms with Crippen LogP contribution in [0.2, 0.25) is 0 Å². The van der Waals surface area contributed by atoms with Gasteiger partial charge in [0.25, 0.3) is 5.69 Å². The molecule has 0 saturated carbocycles. The minimum atomic E-state index is -3.81. The monoisotopic (exact) mass is 407 g/mol. The van der Waals surface area contributed by atoms with Crippen LogP contribution in [0.5, 0.6) is 0 Å². The van der Waals surface area contributed by atoms with Crippen LogP contribution in [0.15, 0.2) is 34.0 Å². The van der Waals surface area contributed by atoms with Crippen LogP contribution in [0.1, 0.15) is 30.3 Å². The molecule has 150 valence electrons. The summed E-state index contributed by atoms with van der Waals surface area (Å²) in [5, 5.41) is 14.0. The molecule has 2 aliphatic heterocycles. The van der Waals surface area contributed by atoms with E-state index >= 15 is 0 Å². The Bertz CT molecular complexity index is 1050. The summed E-state index contributed by atoms with van der Waals surface area (Å²) in [4.78, 5) is 25.5. The summed E-state index contributed by atoms with van der Waals surface area (Å²) in [7, 11) is -3.81. The van der Waals surface area contributed by atoms with Gasteiger partial charge in [0.05, 0.1) is 22.1 Å². The van der Waals surface area contributed by atoms with Crippen molar-refractivity contribution in [2.45, 2.75) is 36.7 Å². The number of hydrogen-bond donors (Lipinski definition) is 2. The molecule has 0 radical (unpaired) electrons. The Morgan fingerprint density at radius 2 is 1.82 bits per heavy atom. The third kappa shape index (κ3) is 3.25. The molecular formula is C17H21N5O5S. The van der Waals surface area contributed by atoms with E-state index in [0.29, 0.717) is 12.1 Å². The Balaban J connectivity index is 1.60. The molecule has 2 N–H and O–H groups in total. The highest BCUT2D eigenvalue weighted by atomic mass is 32.2. The van der Waals surface area contributed by atoms with E-state index < -0.39 is 14.9 Å². The first kappa shape index (κ1) is 18.8. The van der Waals surface area contributed by atoms with Crippen molar-refractivity contribution in [3.05, 3.63) is 56.3 Å². The first-order valence-corrected chi connectivity index (χ1v) is 10.6. The van der Waals surface area contributed by atoms with E-state index in [4.69, 9.17) is 0 Å². The Kier molecular flexibility index (Phi) is 4.81. The molecule has 11 heteroatoms. The highest BCUT2D eigenvalue weighted by Crippen LogP contribution is 2.27. The van der Waals surface area contributed by atoms with Gasteiger partial charge in [-0.1, -0.05) is 0 Å². The first-order chi connectivity index (χ1) is 13.4. The predicted molar refractivity (Wildman–Crippen MR) is 101 cm³/mol. The smallest absolute Gasteiger partial charge is 0.317 e. The zero-order chi connectivity index (χ0) is 19.9. The quantitative estimate of drug-likeness (QED) is 0.568. The Morgan fingerprint density at radius 1 is 1.14 bits per heavy atom. The van der Waals surface area contributed by atoms with E-state index in [9.17, 15) is 23.3 Å². The molecule has 0 amide bonds. The number of imidazole rings is 1. The molecule has 28 heavy (non-hydrogen) atoms. The molecule has 0 unspecified atom stereocenters. The molecule has 10 nitrogen and oxygen atoms in total. The predicted octanol–water partition coefficient (Wildman–Crippen LogP) is 0.756. The van der Waals surface area contributed by atoms with Gasteiger partial charge in [-0.25, -0.2) is 13.2 Å². The number of nitro benzene ring substituents is 1. The van der Waals surface area contributed by atoms with Gasteiger partial charge in [0.15, 0.2) is 0 Å². The molecule has 1 aromatic carbocycles. The third-order valence-electron chi connectivity index (χ3n) is 5.41. The molecule has 0 atom stereocenters. The number of benzene rings is 1. The maximum atomic E-state index is 12.9. The van der Waals surface area contributed by atoms with E-state index in [2.05, 4.69) is 10.3 Å². The van der Waals surface area contributed by atoms with Crippen molar-refractivity contribution in [3.63, 3.8) is 0 Å². The lowest BCUT2D eigenvalue weighted by molar-refractivity contribution is -0.384. The molecule has 0 aliphatic carbocycles. The number of rotatable bonds is 4. The average Bonchev–Trinajstić information content (AvgIpc) is 3.03. The average molecular weight is 407 g/mol. The topological polar surface area (TPSA) is 130 Å². The number of aromatic nitrogens is 2. The lowest BCUT2D eigenvalue weighted by atomic mass is 10.1. The number of sulfonamides is 1. The molecular weight excluding hydrogens is 386 g/mol. The van der Waals surface area contributed by atoms with E-state index in [-0.39, 0.29) is 35.4 Å². The summed E-state index contributed by atoms with van der Waals surface area (Å²) in [6.45, 7) is 2.06. The Morgan fingerprint density at radius 3 is 2.46 bits per heavy atom. The minimum Gasteiger partial charge on any atom is -0.317 e. The fourth-order valence-corrected chi connectivity index (χ4v) is 5.37. The maximum Gasteiger partial charge on any atom is 0.326 e. The van der Waals surface area contributed by atoms with Gasteiger partial charge in [-0.3, -0.25) is 14.7 Å². The summed E-state index contributed by atoms with van der Waals surface area (Å²) in [5.41, 5.74) is 1.15. The van der Waals surface area contributed by atoms with Crippen LogP contribution in [-0.2, 0) is 23.0 Å². The number of H-pyrrole nitrogens is 1. The van der Waals surface area contributed by atoms with E-state index in [1.165, 1.54) is 28.6 Å². The largest absolute Gasteiger partial charge is 0.326 e. The zero-order valence-electron chi connectivity index (χ0n) is 15.1. The van der Waals surface area contributed by atoms with Crippen LogP contribution in [0, 0.1) is 10.1 Å². The Hall–Kier alpha value is -2.50. The molecule has 3 heterocycles. The molecule has 2 aromatic rings. The van der Waals surface area contributed by atoms with Crippen LogP contribution in [-0.4, -0.2) is 46.8 Å². The lowest BCUT2D eigenvalue weighted by Crippen LogP contribution is -2.38. The van der Waals surface area contributed by atoms with Gasteiger partial charge in [0.1, 0.15) is 0 Å². The maximum absolute atomic E-state index is 12.9. The van der Waals surface area contributed by atoms with E-state index in [0.717, 1.165) is 31.6 Å². The van der Waals surface area contributed by atoms with Gasteiger partial charge in [-0.2, -0.15) is 4.31 Å². The first-order valence-electron chi connectivity index (χ1n) is 9.15. The number of non-ortho nitro benzene ring substituents is 1. The number of piperidine rings is 1. The zero-order valence-corrected chi connectivity index (χ0v) is 15.9. The third-order valence-corrected chi connectivity index (χ3v) is 7.27. The lowest BCUT2D eigenvalue weighted by Gasteiger charge is -2.29. The highest BCUT2D eigenvalue weighted by molar-refractivity contribution is 7.89. The minimum absolute atomic E-state index is 0.00156. The number of nitrogens with one attached hydrogen (secondary N) is 2. The fraction of sp³-hybridized carbons (Fsp3) is 0.471. The van der Waals surface area contributed by atoms with E-state index in [1.54, 1.807) is 4.57 Å². The second-order valence-electron chi connectivity index (χ2n) is 7.05.